The number of pyridine rings is 1. The van der Waals surface area contributed by atoms with Crippen molar-refractivity contribution in [3.63, 3.8) is 0 Å². The van der Waals surface area contributed by atoms with E-state index in [0.717, 1.165) is 18.7 Å². The molecule has 0 saturated carbocycles. The van der Waals surface area contributed by atoms with E-state index in [2.05, 4.69) is 15.6 Å². The smallest absolute Gasteiger partial charge is 0.224 e. The second-order valence-electron chi connectivity index (χ2n) is 4.54. The summed E-state index contributed by atoms with van der Waals surface area (Å²) in [5.74, 6) is 1.25. The van der Waals surface area contributed by atoms with Gasteiger partial charge in [-0.2, -0.15) is 0 Å². The average Bonchev–Trinajstić information content (AvgIpc) is 2.51. The van der Waals surface area contributed by atoms with Crippen LogP contribution < -0.4 is 15.4 Å². The molecule has 0 saturated heterocycles. The number of hydrogen-bond acceptors (Lipinski definition) is 4. The van der Waals surface area contributed by atoms with E-state index >= 15 is 0 Å². The number of nitrogens with zero attached hydrogens (tertiary/aromatic N) is 1. The molecule has 0 bridgehead atoms. The van der Waals surface area contributed by atoms with Crippen LogP contribution in [0.15, 0.2) is 48.8 Å². The number of benzene rings is 1. The first-order valence-electron chi connectivity index (χ1n) is 6.91. The monoisotopic (exact) mass is 285 g/mol. The standard InChI is InChI=1S/C16H19N3O2/c1-17-10-5-8-16(20)19-14-12-18-11-9-15(14)21-13-6-3-2-4-7-13/h2-4,6-7,9,11-12,17H,5,8,10H2,1H3,(H,19,20). The van der Waals surface area contributed by atoms with Gasteiger partial charge in [-0.25, -0.2) is 0 Å². The number of carbonyl (C=O) groups excluding carboxylic acids is 1. The summed E-state index contributed by atoms with van der Waals surface area (Å²) in [5.41, 5.74) is 0.579. The van der Waals surface area contributed by atoms with Gasteiger partial charge in [0.2, 0.25) is 5.91 Å². The van der Waals surface area contributed by atoms with Crippen LogP contribution in [0.1, 0.15) is 12.8 Å². The van der Waals surface area contributed by atoms with Gasteiger partial charge in [0.05, 0.1) is 6.20 Å². The minimum atomic E-state index is -0.0452. The van der Waals surface area contributed by atoms with E-state index in [1.165, 1.54) is 0 Å². The zero-order valence-corrected chi connectivity index (χ0v) is 12.0. The molecule has 1 aromatic heterocycles. The molecule has 0 fully saturated rings. The fourth-order valence-corrected chi connectivity index (χ4v) is 1.82. The van der Waals surface area contributed by atoms with Crippen molar-refractivity contribution in [1.29, 1.82) is 0 Å². The molecule has 0 atom stereocenters. The molecule has 0 aliphatic heterocycles. The Morgan fingerprint density at radius 2 is 2.05 bits per heavy atom. The van der Waals surface area contributed by atoms with Crippen LogP contribution in [-0.4, -0.2) is 24.5 Å². The Labute approximate surface area is 124 Å². The first-order valence-corrected chi connectivity index (χ1v) is 6.91. The average molecular weight is 285 g/mol. The maximum Gasteiger partial charge on any atom is 0.224 e. The SMILES string of the molecule is CNCCCC(=O)Nc1cnccc1Oc1ccccc1. The summed E-state index contributed by atoms with van der Waals surface area (Å²) in [7, 11) is 1.87. The first-order chi connectivity index (χ1) is 10.3. The number of para-hydroxylation sites is 1. The Hall–Kier alpha value is -2.40. The molecular weight excluding hydrogens is 266 g/mol. The predicted octanol–water partition coefficient (Wildman–Crippen LogP) is 2.81. The summed E-state index contributed by atoms with van der Waals surface area (Å²) in [6, 6.07) is 11.2. The largest absolute Gasteiger partial charge is 0.455 e. The van der Waals surface area contributed by atoms with Gasteiger partial charge < -0.3 is 15.4 Å². The Morgan fingerprint density at radius 3 is 2.81 bits per heavy atom. The highest BCUT2D eigenvalue weighted by molar-refractivity contribution is 5.92. The van der Waals surface area contributed by atoms with Crippen LogP contribution in [0.2, 0.25) is 0 Å². The highest BCUT2D eigenvalue weighted by Gasteiger charge is 2.08. The molecule has 0 radical (unpaired) electrons. The Kier molecular flexibility index (Phi) is 5.72. The normalized spacial score (nSPS) is 10.1. The van der Waals surface area contributed by atoms with Crippen molar-refractivity contribution in [2.75, 3.05) is 18.9 Å². The molecule has 2 aromatic rings. The van der Waals surface area contributed by atoms with E-state index < -0.39 is 0 Å². The van der Waals surface area contributed by atoms with Gasteiger partial charge in [-0.1, -0.05) is 18.2 Å². The molecule has 5 heteroatoms. The molecule has 0 unspecified atom stereocenters. The van der Waals surface area contributed by atoms with Gasteiger partial charge in [-0.15, -0.1) is 0 Å². The maximum absolute atomic E-state index is 11.9. The van der Waals surface area contributed by atoms with Crippen molar-refractivity contribution in [3.8, 4) is 11.5 Å². The Bertz CT molecular complexity index is 573. The summed E-state index contributed by atoms with van der Waals surface area (Å²) in [4.78, 5) is 15.9. The van der Waals surface area contributed by atoms with Crippen LogP contribution in [-0.2, 0) is 4.79 Å². The number of rotatable bonds is 7. The molecule has 2 rings (SSSR count). The predicted molar refractivity (Wildman–Crippen MR) is 82.5 cm³/mol. The molecule has 21 heavy (non-hydrogen) atoms. The zero-order chi connectivity index (χ0) is 14.9. The van der Waals surface area contributed by atoms with Crippen LogP contribution >= 0.6 is 0 Å². The third-order valence-corrected chi connectivity index (χ3v) is 2.86. The Balaban J connectivity index is 2.01. The molecule has 2 N–H and O–H groups in total. The lowest BCUT2D eigenvalue weighted by atomic mass is 10.3. The van der Waals surface area contributed by atoms with E-state index in [1.807, 2.05) is 37.4 Å². The number of ether oxygens (including phenoxy) is 1. The molecule has 0 aliphatic rings. The van der Waals surface area contributed by atoms with Gasteiger partial charge in [-0.3, -0.25) is 9.78 Å². The molecule has 1 aromatic carbocycles. The van der Waals surface area contributed by atoms with Gasteiger partial charge in [-0.05, 0) is 32.1 Å². The first kappa shape index (κ1) is 15.0. The summed E-state index contributed by atoms with van der Waals surface area (Å²) in [6.45, 7) is 0.813. The lowest BCUT2D eigenvalue weighted by Gasteiger charge is -2.11. The van der Waals surface area contributed by atoms with Crippen LogP contribution in [0, 0.1) is 0 Å². The van der Waals surface area contributed by atoms with Gasteiger partial charge in [0.25, 0.3) is 0 Å². The van der Waals surface area contributed by atoms with Crippen LogP contribution in [0.3, 0.4) is 0 Å². The van der Waals surface area contributed by atoms with Crippen molar-refractivity contribution in [2.24, 2.45) is 0 Å². The van der Waals surface area contributed by atoms with Crippen molar-refractivity contribution in [1.82, 2.24) is 10.3 Å². The molecule has 1 amide bonds. The quantitative estimate of drug-likeness (QED) is 0.768. The summed E-state index contributed by atoms with van der Waals surface area (Å²) < 4.78 is 5.77. The van der Waals surface area contributed by atoms with E-state index in [0.29, 0.717) is 17.9 Å². The summed E-state index contributed by atoms with van der Waals surface area (Å²) in [6.07, 6.45) is 4.47. The van der Waals surface area contributed by atoms with Crippen molar-refractivity contribution in [3.05, 3.63) is 48.8 Å². The third-order valence-electron chi connectivity index (χ3n) is 2.86. The summed E-state index contributed by atoms with van der Waals surface area (Å²) >= 11 is 0. The van der Waals surface area contributed by atoms with E-state index in [1.54, 1.807) is 18.5 Å². The number of hydrogen-bond donors (Lipinski definition) is 2. The number of aromatic nitrogens is 1. The fourth-order valence-electron chi connectivity index (χ4n) is 1.82. The molecule has 0 aliphatic carbocycles. The third kappa shape index (κ3) is 4.89. The highest BCUT2D eigenvalue weighted by atomic mass is 16.5. The molecule has 0 spiro atoms. The van der Waals surface area contributed by atoms with Gasteiger partial charge in [0.1, 0.15) is 11.4 Å². The van der Waals surface area contributed by atoms with Crippen molar-refractivity contribution >= 4 is 11.6 Å². The topological polar surface area (TPSA) is 63.2 Å². The van der Waals surface area contributed by atoms with Gasteiger partial charge in [0.15, 0.2) is 5.75 Å². The molecular formula is C16H19N3O2. The van der Waals surface area contributed by atoms with Gasteiger partial charge in [0, 0.05) is 18.7 Å². The second kappa shape index (κ2) is 8.01. The summed E-state index contributed by atoms with van der Waals surface area (Å²) in [5, 5.41) is 5.85. The van der Waals surface area contributed by atoms with E-state index in [-0.39, 0.29) is 5.91 Å². The van der Waals surface area contributed by atoms with Crippen LogP contribution in [0.5, 0.6) is 11.5 Å². The fraction of sp³-hybridized carbons (Fsp3) is 0.250. The van der Waals surface area contributed by atoms with Crippen LogP contribution in [0.4, 0.5) is 5.69 Å². The van der Waals surface area contributed by atoms with Crippen molar-refractivity contribution in [2.45, 2.75) is 12.8 Å². The number of carbonyl (C=O) groups is 1. The number of anilines is 1. The van der Waals surface area contributed by atoms with Crippen molar-refractivity contribution < 1.29 is 9.53 Å². The molecule has 5 nitrogen and oxygen atoms in total. The van der Waals surface area contributed by atoms with E-state index in [9.17, 15) is 4.79 Å². The maximum atomic E-state index is 11.9. The van der Waals surface area contributed by atoms with Gasteiger partial charge >= 0.3 is 0 Å². The lowest BCUT2D eigenvalue weighted by molar-refractivity contribution is -0.116. The Morgan fingerprint density at radius 1 is 1.24 bits per heavy atom. The molecule has 110 valence electrons. The number of nitrogens with one attached hydrogen (secondary N) is 2. The lowest BCUT2D eigenvalue weighted by Crippen LogP contribution is -2.15. The second-order valence-corrected chi connectivity index (χ2v) is 4.54. The number of amides is 1. The molecule has 1 heterocycles. The minimum Gasteiger partial charge on any atom is -0.455 e. The zero-order valence-electron chi connectivity index (χ0n) is 12.0. The van der Waals surface area contributed by atoms with E-state index in [4.69, 9.17) is 4.74 Å². The van der Waals surface area contributed by atoms with Crippen LogP contribution in [0.25, 0.3) is 0 Å². The minimum absolute atomic E-state index is 0.0452. The highest BCUT2D eigenvalue weighted by Crippen LogP contribution is 2.28.